The minimum absolute atomic E-state index is 0.0472. The standard InChI is InChI=1S/C13H7Cl4N3O3/c14-6-3-10(16)12(11(17)4-6)18-19-13(21)8-2-1-7(20(22)23)5-9(8)15/h1-5,18H,(H,19,21). The lowest BCUT2D eigenvalue weighted by atomic mass is 10.2. The molecule has 1 amide bonds. The molecule has 0 saturated carbocycles. The molecule has 0 atom stereocenters. The fraction of sp³-hybridized carbons (Fsp3) is 0. The quantitative estimate of drug-likeness (QED) is 0.566. The molecule has 10 heteroatoms. The van der Waals surface area contributed by atoms with Crippen LogP contribution < -0.4 is 10.9 Å². The van der Waals surface area contributed by atoms with Gasteiger partial charge in [-0.05, 0) is 18.2 Å². The number of non-ortho nitro benzene ring substituents is 1. The minimum atomic E-state index is -0.619. The Morgan fingerprint density at radius 2 is 1.61 bits per heavy atom. The summed E-state index contributed by atoms with van der Waals surface area (Å²) >= 11 is 23.6. The Morgan fingerprint density at radius 3 is 2.13 bits per heavy atom. The van der Waals surface area contributed by atoms with Crippen LogP contribution in [0.15, 0.2) is 30.3 Å². The molecule has 2 rings (SSSR count). The summed E-state index contributed by atoms with van der Waals surface area (Å²) in [4.78, 5) is 22.1. The Morgan fingerprint density at radius 1 is 1.00 bits per heavy atom. The molecular formula is C13H7Cl4N3O3. The molecule has 0 fully saturated rings. The molecule has 0 radical (unpaired) electrons. The lowest BCUT2D eigenvalue weighted by molar-refractivity contribution is -0.384. The molecule has 2 N–H and O–H groups in total. The molecule has 0 aliphatic rings. The molecule has 0 saturated heterocycles. The van der Waals surface area contributed by atoms with Crippen molar-refractivity contribution in [3.8, 4) is 0 Å². The van der Waals surface area contributed by atoms with Gasteiger partial charge in [-0.1, -0.05) is 46.4 Å². The normalized spacial score (nSPS) is 10.3. The summed E-state index contributed by atoms with van der Waals surface area (Å²) in [5.74, 6) is -0.619. The summed E-state index contributed by atoms with van der Waals surface area (Å²) in [5, 5.41) is 11.3. The topological polar surface area (TPSA) is 84.3 Å². The zero-order chi connectivity index (χ0) is 17.1. The van der Waals surface area contributed by atoms with E-state index in [0.717, 1.165) is 6.07 Å². The van der Waals surface area contributed by atoms with E-state index in [9.17, 15) is 14.9 Å². The number of nitro groups is 1. The van der Waals surface area contributed by atoms with Crippen molar-refractivity contribution in [2.24, 2.45) is 0 Å². The van der Waals surface area contributed by atoms with Crippen molar-refractivity contribution in [1.29, 1.82) is 0 Å². The van der Waals surface area contributed by atoms with Crippen LogP contribution in [-0.2, 0) is 0 Å². The van der Waals surface area contributed by atoms with E-state index in [4.69, 9.17) is 46.4 Å². The van der Waals surface area contributed by atoms with E-state index in [1.807, 2.05) is 0 Å². The van der Waals surface area contributed by atoms with Crippen molar-refractivity contribution in [3.63, 3.8) is 0 Å². The Hall–Kier alpha value is -1.73. The minimum Gasteiger partial charge on any atom is -0.295 e. The molecule has 0 heterocycles. The molecule has 2 aromatic rings. The van der Waals surface area contributed by atoms with Crippen molar-refractivity contribution in [2.75, 3.05) is 5.43 Å². The van der Waals surface area contributed by atoms with E-state index < -0.39 is 10.8 Å². The number of hydrazine groups is 1. The number of carbonyl (C=O) groups excluding carboxylic acids is 1. The zero-order valence-corrected chi connectivity index (χ0v) is 14.1. The maximum Gasteiger partial charge on any atom is 0.271 e. The Labute approximate surface area is 150 Å². The van der Waals surface area contributed by atoms with Crippen LogP contribution in [0.1, 0.15) is 10.4 Å². The molecule has 6 nitrogen and oxygen atoms in total. The second kappa shape index (κ2) is 7.23. The molecule has 0 spiro atoms. The first kappa shape index (κ1) is 17.6. The molecular weight excluding hydrogens is 388 g/mol. The average molecular weight is 395 g/mol. The van der Waals surface area contributed by atoms with Gasteiger partial charge in [0.15, 0.2) is 0 Å². The summed E-state index contributed by atoms with van der Waals surface area (Å²) in [6, 6.07) is 6.38. The third-order valence-corrected chi connectivity index (χ3v) is 3.84. The molecule has 120 valence electrons. The van der Waals surface area contributed by atoms with E-state index in [-0.39, 0.29) is 32.0 Å². The second-order valence-electron chi connectivity index (χ2n) is 4.24. The number of carbonyl (C=O) groups is 1. The third kappa shape index (κ3) is 4.17. The molecule has 0 aliphatic carbocycles. The van der Waals surface area contributed by atoms with Gasteiger partial charge in [-0.15, -0.1) is 0 Å². The number of rotatable bonds is 4. The number of halogens is 4. The van der Waals surface area contributed by atoms with Crippen LogP contribution in [0.2, 0.25) is 20.1 Å². The number of benzene rings is 2. The van der Waals surface area contributed by atoms with Crippen molar-refractivity contribution in [1.82, 2.24) is 5.43 Å². The number of hydrogen-bond acceptors (Lipinski definition) is 4. The second-order valence-corrected chi connectivity index (χ2v) is 5.90. The fourth-order valence-electron chi connectivity index (χ4n) is 1.65. The van der Waals surface area contributed by atoms with E-state index in [1.165, 1.54) is 24.3 Å². The van der Waals surface area contributed by atoms with Crippen molar-refractivity contribution in [3.05, 3.63) is 66.1 Å². The lowest BCUT2D eigenvalue weighted by Gasteiger charge is -2.12. The first-order valence-corrected chi connectivity index (χ1v) is 7.45. The number of nitro benzene ring substituents is 1. The number of nitrogens with one attached hydrogen (secondary N) is 2. The van der Waals surface area contributed by atoms with Crippen LogP contribution in [0, 0.1) is 10.1 Å². The van der Waals surface area contributed by atoms with Crippen LogP contribution in [0.25, 0.3) is 0 Å². The van der Waals surface area contributed by atoms with Crippen molar-refractivity contribution in [2.45, 2.75) is 0 Å². The smallest absolute Gasteiger partial charge is 0.271 e. The van der Waals surface area contributed by atoms with Crippen molar-refractivity contribution < 1.29 is 9.72 Å². The molecule has 0 unspecified atom stereocenters. The highest BCUT2D eigenvalue weighted by atomic mass is 35.5. The summed E-state index contributed by atoms with van der Waals surface area (Å²) in [6.07, 6.45) is 0. The highest BCUT2D eigenvalue weighted by molar-refractivity contribution is 6.41. The molecule has 0 aromatic heterocycles. The number of hydrogen-bond donors (Lipinski definition) is 2. The monoisotopic (exact) mass is 393 g/mol. The number of nitrogens with zero attached hydrogens (tertiary/aromatic N) is 1. The van der Waals surface area contributed by atoms with Gasteiger partial charge >= 0.3 is 0 Å². The van der Waals surface area contributed by atoms with Crippen LogP contribution in [0.3, 0.4) is 0 Å². The molecule has 23 heavy (non-hydrogen) atoms. The van der Waals surface area contributed by atoms with E-state index in [0.29, 0.717) is 5.02 Å². The molecule has 0 bridgehead atoms. The highest BCUT2D eigenvalue weighted by Gasteiger charge is 2.16. The predicted molar refractivity (Wildman–Crippen MR) is 90.7 cm³/mol. The Bertz CT molecular complexity index is 775. The van der Waals surface area contributed by atoms with Gasteiger partial charge in [0.2, 0.25) is 0 Å². The summed E-state index contributed by atoms with van der Waals surface area (Å²) < 4.78 is 0. The number of anilines is 1. The summed E-state index contributed by atoms with van der Waals surface area (Å²) in [6.45, 7) is 0. The Kier molecular flexibility index (Phi) is 5.54. The van der Waals surface area contributed by atoms with E-state index in [1.54, 1.807) is 0 Å². The lowest BCUT2D eigenvalue weighted by Crippen LogP contribution is -2.29. The van der Waals surface area contributed by atoms with Gasteiger partial charge in [-0.2, -0.15) is 0 Å². The van der Waals surface area contributed by atoms with Gasteiger partial charge in [0.05, 0.1) is 31.2 Å². The van der Waals surface area contributed by atoms with Gasteiger partial charge in [0.1, 0.15) is 0 Å². The molecule has 0 aliphatic heterocycles. The van der Waals surface area contributed by atoms with Gasteiger partial charge in [-0.25, -0.2) is 0 Å². The van der Waals surface area contributed by atoms with E-state index >= 15 is 0 Å². The average Bonchev–Trinajstić information content (AvgIpc) is 2.45. The van der Waals surface area contributed by atoms with Crippen LogP contribution in [0.5, 0.6) is 0 Å². The SMILES string of the molecule is O=C(NNc1c(Cl)cc(Cl)cc1Cl)c1ccc([N+](=O)[O-])cc1Cl. The maximum atomic E-state index is 12.1. The summed E-state index contributed by atoms with van der Waals surface area (Å²) in [5.41, 5.74) is 4.99. The maximum absolute atomic E-state index is 12.1. The predicted octanol–water partition coefficient (Wildman–Crippen LogP) is 4.97. The zero-order valence-electron chi connectivity index (χ0n) is 11.1. The van der Waals surface area contributed by atoms with Crippen LogP contribution in [-0.4, -0.2) is 10.8 Å². The highest BCUT2D eigenvalue weighted by Crippen LogP contribution is 2.33. The Balaban J connectivity index is 2.16. The van der Waals surface area contributed by atoms with Gasteiger partial charge in [-0.3, -0.25) is 25.8 Å². The summed E-state index contributed by atoms with van der Waals surface area (Å²) in [7, 11) is 0. The van der Waals surface area contributed by atoms with Gasteiger partial charge in [0.25, 0.3) is 11.6 Å². The number of amides is 1. The van der Waals surface area contributed by atoms with E-state index in [2.05, 4.69) is 10.9 Å². The fourth-order valence-corrected chi connectivity index (χ4v) is 2.82. The van der Waals surface area contributed by atoms with Crippen LogP contribution in [0.4, 0.5) is 11.4 Å². The van der Waals surface area contributed by atoms with Gasteiger partial charge < -0.3 is 0 Å². The van der Waals surface area contributed by atoms with Crippen molar-refractivity contribution >= 4 is 63.7 Å². The first-order chi connectivity index (χ1) is 10.8. The van der Waals surface area contributed by atoms with Gasteiger partial charge in [0, 0.05) is 17.2 Å². The third-order valence-electron chi connectivity index (χ3n) is 2.72. The largest absolute Gasteiger partial charge is 0.295 e. The van der Waals surface area contributed by atoms with Crippen LogP contribution >= 0.6 is 46.4 Å². The first-order valence-electron chi connectivity index (χ1n) is 5.94. The molecule has 2 aromatic carbocycles.